The summed E-state index contributed by atoms with van der Waals surface area (Å²) in [5, 5.41) is 5.25. The Bertz CT molecular complexity index is 816. The Morgan fingerprint density at radius 2 is 1.73 bits per heavy atom. The van der Waals surface area contributed by atoms with E-state index in [-0.39, 0.29) is 4.90 Å². The van der Waals surface area contributed by atoms with E-state index in [0.717, 1.165) is 5.56 Å². The molecule has 7 heteroatoms. The highest BCUT2D eigenvalue weighted by Gasteiger charge is 2.07. The van der Waals surface area contributed by atoms with Gasteiger partial charge in [0.15, 0.2) is 9.84 Å². The summed E-state index contributed by atoms with van der Waals surface area (Å²) in [6.07, 6.45) is 1.17. The summed E-state index contributed by atoms with van der Waals surface area (Å²) >= 11 is 11.9. The fourth-order valence-corrected chi connectivity index (χ4v) is 2.81. The summed E-state index contributed by atoms with van der Waals surface area (Å²) in [7, 11) is -3.20. The second kappa shape index (κ2) is 6.69. The monoisotopic (exact) mass is 356 g/mol. The van der Waals surface area contributed by atoms with Crippen molar-refractivity contribution in [1.29, 1.82) is 0 Å². The highest BCUT2D eigenvalue weighted by Crippen LogP contribution is 2.25. The third-order valence-corrected chi connectivity index (χ3v) is 4.65. The van der Waals surface area contributed by atoms with E-state index in [1.807, 2.05) is 6.92 Å². The van der Waals surface area contributed by atoms with Gasteiger partial charge in [-0.2, -0.15) is 5.10 Å². The smallest absolute Gasteiger partial charge is 0.175 e. The van der Waals surface area contributed by atoms with E-state index >= 15 is 0 Å². The van der Waals surface area contributed by atoms with Crippen LogP contribution in [-0.2, 0) is 9.84 Å². The SMILES string of the molecule is C/C(=N/Nc1ccc(Cl)cc1Cl)c1ccc(S(C)(=O)=O)cc1. The first kappa shape index (κ1) is 16.8. The van der Waals surface area contributed by atoms with E-state index in [2.05, 4.69) is 10.5 Å². The summed E-state index contributed by atoms with van der Waals surface area (Å²) in [6, 6.07) is 11.6. The van der Waals surface area contributed by atoms with Crippen LogP contribution >= 0.6 is 23.2 Å². The minimum Gasteiger partial charge on any atom is -0.277 e. The molecule has 0 atom stereocenters. The molecule has 0 aromatic heterocycles. The predicted molar refractivity (Wildman–Crippen MR) is 91.8 cm³/mol. The van der Waals surface area contributed by atoms with Gasteiger partial charge in [-0.15, -0.1) is 0 Å². The van der Waals surface area contributed by atoms with E-state index in [1.165, 1.54) is 6.26 Å². The first-order valence-corrected chi connectivity index (χ1v) is 8.98. The van der Waals surface area contributed by atoms with Crippen molar-refractivity contribution in [1.82, 2.24) is 0 Å². The number of halogens is 2. The number of hydrogen-bond acceptors (Lipinski definition) is 4. The van der Waals surface area contributed by atoms with E-state index < -0.39 is 9.84 Å². The number of rotatable bonds is 4. The van der Waals surface area contributed by atoms with E-state index in [0.29, 0.717) is 21.4 Å². The number of sulfone groups is 1. The average molecular weight is 357 g/mol. The van der Waals surface area contributed by atoms with Crippen LogP contribution in [-0.4, -0.2) is 20.4 Å². The van der Waals surface area contributed by atoms with Gasteiger partial charge >= 0.3 is 0 Å². The van der Waals surface area contributed by atoms with Crippen molar-refractivity contribution in [3.63, 3.8) is 0 Å². The summed E-state index contributed by atoms with van der Waals surface area (Å²) in [5.41, 5.74) is 5.01. The van der Waals surface area contributed by atoms with Crippen LogP contribution < -0.4 is 5.43 Å². The number of anilines is 1. The Morgan fingerprint density at radius 3 is 2.27 bits per heavy atom. The summed E-state index contributed by atoms with van der Waals surface area (Å²) in [5.74, 6) is 0. The lowest BCUT2D eigenvalue weighted by Gasteiger charge is -2.06. The lowest BCUT2D eigenvalue weighted by Crippen LogP contribution is -2.02. The zero-order valence-electron chi connectivity index (χ0n) is 12.0. The molecule has 0 aliphatic heterocycles. The molecule has 0 amide bonds. The first-order valence-electron chi connectivity index (χ1n) is 6.33. The van der Waals surface area contributed by atoms with Gasteiger partial charge in [0.25, 0.3) is 0 Å². The van der Waals surface area contributed by atoms with Gasteiger partial charge in [-0.1, -0.05) is 35.3 Å². The van der Waals surface area contributed by atoms with Crippen molar-refractivity contribution >= 4 is 44.4 Å². The fourth-order valence-electron chi connectivity index (χ4n) is 1.73. The van der Waals surface area contributed by atoms with Crippen LogP contribution in [0.2, 0.25) is 10.0 Å². The van der Waals surface area contributed by atoms with E-state index in [1.54, 1.807) is 42.5 Å². The maximum atomic E-state index is 11.4. The van der Waals surface area contributed by atoms with Crippen LogP contribution in [0.25, 0.3) is 0 Å². The zero-order valence-corrected chi connectivity index (χ0v) is 14.3. The average Bonchev–Trinajstić information content (AvgIpc) is 2.45. The Labute approximate surface area is 139 Å². The van der Waals surface area contributed by atoms with Gasteiger partial charge < -0.3 is 0 Å². The highest BCUT2D eigenvalue weighted by molar-refractivity contribution is 7.90. The molecule has 0 fully saturated rings. The number of benzene rings is 2. The molecule has 2 aromatic rings. The molecule has 0 saturated heterocycles. The number of nitrogens with zero attached hydrogens (tertiary/aromatic N) is 1. The van der Waals surface area contributed by atoms with Crippen LogP contribution in [0.1, 0.15) is 12.5 Å². The van der Waals surface area contributed by atoms with Crippen LogP contribution in [0.3, 0.4) is 0 Å². The normalized spacial score (nSPS) is 12.3. The van der Waals surface area contributed by atoms with Gasteiger partial charge in [0, 0.05) is 11.3 Å². The molecular formula is C15H14Cl2N2O2S. The summed E-state index contributed by atoms with van der Waals surface area (Å²) in [6.45, 7) is 1.81. The molecular weight excluding hydrogens is 343 g/mol. The van der Waals surface area contributed by atoms with Gasteiger partial charge in [0.05, 0.1) is 21.3 Å². The van der Waals surface area contributed by atoms with Gasteiger partial charge in [-0.05, 0) is 42.8 Å². The molecule has 0 radical (unpaired) electrons. The largest absolute Gasteiger partial charge is 0.277 e. The summed E-state index contributed by atoms with van der Waals surface area (Å²) < 4.78 is 22.8. The Morgan fingerprint density at radius 1 is 1.09 bits per heavy atom. The molecule has 0 aliphatic rings. The molecule has 0 saturated carbocycles. The van der Waals surface area contributed by atoms with Crippen LogP contribution in [0.15, 0.2) is 52.5 Å². The Balaban J connectivity index is 2.18. The van der Waals surface area contributed by atoms with Crippen molar-refractivity contribution in [2.45, 2.75) is 11.8 Å². The molecule has 1 N–H and O–H groups in total. The molecule has 0 aliphatic carbocycles. The highest BCUT2D eigenvalue weighted by atomic mass is 35.5. The van der Waals surface area contributed by atoms with Gasteiger partial charge in [0.1, 0.15) is 0 Å². The minimum atomic E-state index is -3.20. The van der Waals surface area contributed by atoms with Crippen molar-refractivity contribution in [3.05, 3.63) is 58.1 Å². The second-order valence-electron chi connectivity index (χ2n) is 4.73. The van der Waals surface area contributed by atoms with Crippen molar-refractivity contribution in [3.8, 4) is 0 Å². The Hall–Kier alpha value is -1.56. The standard InChI is InChI=1S/C15H14Cl2N2O2S/c1-10(11-3-6-13(7-4-11)22(2,20)21)18-19-15-8-5-12(16)9-14(15)17/h3-9,19H,1-2H3/b18-10-. The fraction of sp³-hybridized carbons (Fsp3) is 0.133. The minimum absolute atomic E-state index is 0.276. The quantitative estimate of drug-likeness (QED) is 0.658. The molecule has 4 nitrogen and oxygen atoms in total. The molecule has 0 unspecified atom stereocenters. The molecule has 116 valence electrons. The maximum Gasteiger partial charge on any atom is 0.175 e. The van der Waals surface area contributed by atoms with Crippen molar-refractivity contribution in [2.75, 3.05) is 11.7 Å². The van der Waals surface area contributed by atoms with Gasteiger partial charge in [0.2, 0.25) is 0 Å². The molecule has 22 heavy (non-hydrogen) atoms. The molecule has 0 bridgehead atoms. The number of hydrogen-bond donors (Lipinski definition) is 1. The van der Waals surface area contributed by atoms with E-state index in [9.17, 15) is 8.42 Å². The Kier molecular flexibility index (Phi) is 5.11. The predicted octanol–water partition coefficient (Wildman–Crippen LogP) is 4.23. The van der Waals surface area contributed by atoms with Crippen molar-refractivity contribution in [2.24, 2.45) is 5.10 Å². The molecule has 2 aromatic carbocycles. The maximum absolute atomic E-state index is 11.4. The second-order valence-corrected chi connectivity index (χ2v) is 7.59. The van der Waals surface area contributed by atoms with Gasteiger partial charge in [-0.3, -0.25) is 5.43 Å². The lowest BCUT2D eigenvalue weighted by atomic mass is 10.1. The first-order chi connectivity index (χ1) is 10.3. The topological polar surface area (TPSA) is 58.5 Å². The third kappa shape index (κ3) is 4.22. The zero-order chi connectivity index (χ0) is 16.3. The van der Waals surface area contributed by atoms with Crippen molar-refractivity contribution < 1.29 is 8.42 Å². The molecule has 0 heterocycles. The molecule has 0 spiro atoms. The number of hydrazone groups is 1. The lowest BCUT2D eigenvalue weighted by molar-refractivity contribution is 0.602. The third-order valence-electron chi connectivity index (χ3n) is 2.98. The molecule has 2 rings (SSSR count). The van der Waals surface area contributed by atoms with Gasteiger partial charge in [-0.25, -0.2) is 8.42 Å². The van der Waals surface area contributed by atoms with Crippen LogP contribution in [0, 0.1) is 0 Å². The number of nitrogens with one attached hydrogen (secondary N) is 1. The summed E-state index contributed by atoms with van der Waals surface area (Å²) in [4.78, 5) is 0.276. The van der Waals surface area contributed by atoms with E-state index in [4.69, 9.17) is 23.2 Å². The van der Waals surface area contributed by atoms with Crippen LogP contribution in [0.5, 0.6) is 0 Å². The van der Waals surface area contributed by atoms with Crippen LogP contribution in [0.4, 0.5) is 5.69 Å².